The van der Waals surface area contributed by atoms with Crippen LogP contribution in [0.1, 0.15) is 49.9 Å². The summed E-state index contributed by atoms with van der Waals surface area (Å²) in [5, 5.41) is 13.3. The molecule has 3 aromatic rings. The minimum atomic E-state index is -4.35. The van der Waals surface area contributed by atoms with Crippen molar-refractivity contribution >= 4 is 5.91 Å². The molecule has 1 aliphatic heterocycles. The second-order valence-electron chi connectivity index (χ2n) is 8.59. The maximum absolute atomic E-state index is 12.9. The van der Waals surface area contributed by atoms with Crippen LogP contribution in [0.15, 0.2) is 60.8 Å². The van der Waals surface area contributed by atoms with E-state index in [1.54, 1.807) is 6.07 Å². The van der Waals surface area contributed by atoms with E-state index >= 15 is 0 Å². The Morgan fingerprint density at radius 1 is 1.09 bits per heavy atom. The molecule has 170 valence electrons. The normalized spacial score (nSPS) is 19.9. The van der Waals surface area contributed by atoms with E-state index < -0.39 is 23.9 Å². The van der Waals surface area contributed by atoms with Gasteiger partial charge in [0.05, 0.1) is 29.0 Å². The van der Waals surface area contributed by atoms with Crippen LogP contribution >= 0.6 is 0 Å². The fraction of sp³-hybridized carbons (Fsp3) is 0.280. The molecule has 0 fully saturated rings. The lowest BCUT2D eigenvalue weighted by Gasteiger charge is -2.18. The Balaban J connectivity index is 1.25. The zero-order chi connectivity index (χ0) is 23.2. The first-order chi connectivity index (χ1) is 15.8. The van der Waals surface area contributed by atoms with E-state index in [9.17, 15) is 23.1 Å². The van der Waals surface area contributed by atoms with Gasteiger partial charge in [0.1, 0.15) is 0 Å². The Kier molecular flexibility index (Phi) is 5.42. The smallest absolute Gasteiger partial charge is 0.390 e. The molecule has 5 rings (SSSR count). The molecular formula is C25H22F3N3O2. The molecule has 2 heterocycles. The van der Waals surface area contributed by atoms with Crippen molar-refractivity contribution in [2.24, 2.45) is 0 Å². The molecule has 1 amide bonds. The van der Waals surface area contributed by atoms with Crippen molar-refractivity contribution in [3.8, 4) is 0 Å². The standard InChI is InChI=1S/C25H22F3N3O2/c26-25(27,28)19-7-5-15(6-8-19)12-31-13-18-9-17(11-29-21(18)14-31)24(33)30-23-20-4-2-1-3-16(20)10-22(23)32/h1-9,11,22-23,32H,10,12-14H2,(H,30,33). The van der Waals surface area contributed by atoms with Gasteiger partial charge in [-0.25, -0.2) is 0 Å². The molecular weight excluding hydrogens is 431 g/mol. The topological polar surface area (TPSA) is 65.5 Å². The number of nitrogens with zero attached hydrogens (tertiary/aromatic N) is 2. The van der Waals surface area contributed by atoms with Crippen molar-refractivity contribution < 1.29 is 23.1 Å². The van der Waals surface area contributed by atoms with Gasteiger partial charge < -0.3 is 10.4 Å². The number of hydrogen-bond donors (Lipinski definition) is 2. The SMILES string of the molecule is O=C(NC1c2ccccc2CC1O)c1cnc2c(c1)CN(Cc1ccc(C(F)(F)F)cc1)C2. The van der Waals surface area contributed by atoms with Crippen LogP contribution in [-0.2, 0) is 32.2 Å². The molecule has 1 aromatic heterocycles. The number of aliphatic hydroxyl groups is 1. The zero-order valence-corrected chi connectivity index (χ0v) is 17.6. The zero-order valence-electron chi connectivity index (χ0n) is 17.6. The van der Waals surface area contributed by atoms with Gasteiger partial charge in [-0.05, 0) is 40.5 Å². The van der Waals surface area contributed by atoms with Crippen LogP contribution in [0.4, 0.5) is 13.2 Å². The molecule has 2 unspecified atom stereocenters. The molecule has 0 spiro atoms. The highest BCUT2D eigenvalue weighted by molar-refractivity contribution is 5.94. The van der Waals surface area contributed by atoms with E-state index in [-0.39, 0.29) is 5.91 Å². The summed E-state index contributed by atoms with van der Waals surface area (Å²) < 4.78 is 38.3. The summed E-state index contributed by atoms with van der Waals surface area (Å²) in [4.78, 5) is 19.4. The predicted molar refractivity (Wildman–Crippen MR) is 115 cm³/mol. The second kappa shape index (κ2) is 8.28. The first-order valence-corrected chi connectivity index (χ1v) is 10.7. The molecule has 5 nitrogen and oxygen atoms in total. The highest BCUT2D eigenvalue weighted by Crippen LogP contribution is 2.32. The van der Waals surface area contributed by atoms with E-state index in [0.717, 1.165) is 40.1 Å². The molecule has 2 aromatic carbocycles. The number of pyridine rings is 1. The number of amides is 1. The maximum Gasteiger partial charge on any atom is 0.416 e. The number of rotatable bonds is 4. The first kappa shape index (κ1) is 21.6. The van der Waals surface area contributed by atoms with Crippen molar-refractivity contribution in [2.45, 2.75) is 44.4 Å². The first-order valence-electron chi connectivity index (χ1n) is 10.7. The van der Waals surface area contributed by atoms with E-state index in [2.05, 4.69) is 15.2 Å². The van der Waals surface area contributed by atoms with Crippen LogP contribution in [0, 0.1) is 0 Å². The maximum atomic E-state index is 12.9. The van der Waals surface area contributed by atoms with E-state index in [1.807, 2.05) is 24.3 Å². The van der Waals surface area contributed by atoms with Crippen LogP contribution in [0.3, 0.4) is 0 Å². The summed E-state index contributed by atoms with van der Waals surface area (Å²) in [7, 11) is 0. The van der Waals surface area contributed by atoms with Gasteiger partial charge in [-0.2, -0.15) is 13.2 Å². The van der Waals surface area contributed by atoms with Crippen LogP contribution in [0.25, 0.3) is 0 Å². The predicted octanol–water partition coefficient (Wildman–Crippen LogP) is 4.00. The molecule has 33 heavy (non-hydrogen) atoms. The summed E-state index contributed by atoms with van der Waals surface area (Å²) in [6.45, 7) is 1.60. The monoisotopic (exact) mass is 453 g/mol. The van der Waals surface area contributed by atoms with E-state index in [0.29, 0.717) is 31.6 Å². The largest absolute Gasteiger partial charge is 0.416 e. The van der Waals surface area contributed by atoms with Gasteiger partial charge in [0.15, 0.2) is 0 Å². The summed E-state index contributed by atoms with van der Waals surface area (Å²) in [6.07, 6.45) is -2.99. The molecule has 0 saturated heterocycles. The van der Waals surface area contributed by atoms with Gasteiger partial charge in [0.2, 0.25) is 0 Å². The van der Waals surface area contributed by atoms with Crippen molar-refractivity contribution in [1.82, 2.24) is 15.2 Å². The Morgan fingerprint density at radius 2 is 1.85 bits per heavy atom. The van der Waals surface area contributed by atoms with Crippen molar-refractivity contribution in [3.05, 3.63) is 99.9 Å². The van der Waals surface area contributed by atoms with Crippen molar-refractivity contribution in [3.63, 3.8) is 0 Å². The van der Waals surface area contributed by atoms with Gasteiger partial charge in [-0.3, -0.25) is 14.7 Å². The number of nitrogens with one attached hydrogen (secondary N) is 1. The summed E-state index contributed by atoms with van der Waals surface area (Å²) in [5.41, 5.74) is 4.26. The highest BCUT2D eigenvalue weighted by atomic mass is 19.4. The van der Waals surface area contributed by atoms with E-state index in [1.165, 1.54) is 18.3 Å². The number of hydrogen-bond acceptors (Lipinski definition) is 4. The number of fused-ring (bicyclic) bond motifs is 2. The number of aromatic nitrogens is 1. The lowest BCUT2D eigenvalue weighted by molar-refractivity contribution is -0.137. The van der Waals surface area contributed by atoms with Gasteiger partial charge in [-0.15, -0.1) is 0 Å². The highest BCUT2D eigenvalue weighted by Gasteiger charge is 2.33. The molecule has 2 atom stereocenters. The number of carbonyl (C=O) groups is 1. The van der Waals surface area contributed by atoms with Gasteiger partial charge in [0.25, 0.3) is 5.91 Å². The minimum absolute atomic E-state index is 0.299. The Labute approximate surface area is 188 Å². The second-order valence-corrected chi connectivity index (χ2v) is 8.59. The summed E-state index contributed by atoms with van der Waals surface area (Å²) >= 11 is 0. The lowest BCUT2D eigenvalue weighted by atomic mass is 10.1. The number of aliphatic hydroxyl groups excluding tert-OH is 1. The summed E-state index contributed by atoms with van der Waals surface area (Å²) in [5.74, 6) is -0.299. The average Bonchev–Trinajstić information content (AvgIpc) is 3.32. The van der Waals surface area contributed by atoms with Crippen LogP contribution in [-0.4, -0.2) is 27.0 Å². The number of alkyl halides is 3. The number of benzene rings is 2. The number of halogens is 3. The quantitative estimate of drug-likeness (QED) is 0.627. The Bertz CT molecular complexity index is 1190. The van der Waals surface area contributed by atoms with Gasteiger partial charge in [-0.1, -0.05) is 36.4 Å². The van der Waals surface area contributed by atoms with Crippen LogP contribution in [0.5, 0.6) is 0 Å². The third kappa shape index (κ3) is 4.36. The third-order valence-electron chi connectivity index (χ3n) is 6.27. The van der Waals surface area contributed by atoms with E-state index in [4.69, 9.17) is 0 Å². The molecule has 2 N–H and O–H groups in total. The van der Waals surface area contributed by atoms with Gasteiger partial charge in [0, 0.05) is 32.3 Å². The van der Waals surface area contributed by atoms with Crippen molar-refractivity contribution in [2.75, 3.05) is 0 Å². The Morgan fingerprint density at radius 3 is 2.61 bits per heavy atom. The van der Waals surface area contributed by atoms with Crippen LogP contribution in [0.2, 0.25) is 0 Å². The van der Waals surface area contributed by atoms with Crippen molar-refractivity contribution in [1.29, 1.82) is 0 Å². The third-order valence-corrected chi connectivity index (χ3v) is 6.27. The fourth-order valence-corrected chi connectivity index (χ4v) is 4.59. The molecule has 2 aliphatic rings. The molecule has 8 heteroatoms. The molecule has 0 saturated carbocycles. The fourth-order valence-electron chi connectivity index (χ4n) is 4.59. The Hall–Kier alpha value is -3.23. The molecule has 0 radical (unpaired) electrons. The van der Waals surface area contributed by atoms with Crippen LogP contribution < -0.4 is 5.32 Å². The minimum Gasteiger partial charge on any atom is -0.390 e. The van der Waals surface area contributed by atoms with Gasteiger partial charge >= 0.3 is 6.18 Å². The lowest BCUT2D eigenvalue weighted by Crippen LogP contribution is -2.34. The summed E-state index contributed by atoms with van der Waals surface area (Å²) in [6, 6.07) is 14.2. The number of carbonyl (C=O) groups excluding carboxylic acids is 1. The molecule has 0 bridgehead atoms. The molecule has 1 aliphatic carbocycles. The average molecular weight is 453 g/mol.